The van der Waals surface area contributed by atoms with Crippen LogP contribution in [0.15, 0.2) is 22.7 Å². The van der Waals surface area contributed by atoms with E-state index in [2.05, 4.69) is 29.8 Å². The van der Waals surface area contributed by atoms with Crippen LogP contribution in [0.1, 0.15) is 43.5 Å². The van der Waals surface area contributed by atoms with Crippen LogP contribution < -0.4 is 4.74 Å². The van der Waals surface area contributed by atoms with Gasteiger partial charge in [0, 0.05) is 16.5 Å². The monoisotopic (exact) mass is 298 g/mol. The summed E-state index contributed by atoms with van der Waals surface area (Å²) in [4.78, 5) is 12.2. The van der Waals surface area contributed by atoms with Gasteiger partial charge < -0.3 is 4.74 Å². The molecule has 3 heteroatoms. The molecule has 0 aliphatic rings. The molecule has 0 atom stereocenters. The number of benzene rings is 1. The highest BCUT2D eigenvalue weighted by Crippen LogP contribution is 2.25. The fourth-order valence-electron chi connectivity index (χ4n) is 1.79. The maximum absolute atomic E-state index is 12.2. The highest BCUT2D eigenvalue weighted by Gasteiger charge is 2.15. The Morgan fingerprint density at radius 1 is 1.35 bits per heavy atom. The smallest absolute Gasteiger partial charge is 0.164 e. The minimum Gasteiger partial charge on any atom is -0.497 e. The van der Waals surface area contributed by atoms with E-state index in [0.717, 1.165) is 28.6 Å². The molecule has 1 aromatic rings. The number of carbonyl (C=O) groups excluding carboxylic acids is 1. The Labute approximate surface area is 111 Å². The third-order valence-electron chi connectivity index (χ3n) is 3.10. The molecule has 0 unspecified atom stereocenters. The second kappa shape index (κ2) is 6.80. The van der Waals surface area contributed by atoms with Crippen molar-refractivity contribution < 1.29 is 9.53 Å². The van der Waals surface area contributed by atoms with Gasteiger partial charge in [-0.2, -0.15) is 0 Å². The van der Waals surface area contributed by atoms with Crippen LogP contribution in [0, 0.1) is 5.92 Å². The molecule has 17 heavy (non-hydrogen) atoms. The zero-order valence-electron chi connectivity index (χ0n) is 10.6. The van der Waals surface area contributed by atoms with Crippen LogP contribution >= 0.6 is 15.9 Å². The first kappa shape index (κ1) is 14.2. The summed E-state index contributed by atoms with van der Waals surface area (Å²) in [6.45, 7) is 4.25. The molecule has 0 saturated carbocycles. The first-order chi connectivity index (χ1) is 8.12. The lowest BCUT2D eigenvalue weighted by atomic mass is 9.94. The molecular formula is C14H19BrO2. The predicted molar refractivity (Wildman–Crippen MR) is 73.7 cm³/mol. The summed E-state index contributed by atoms with van der Waals surface area (Å²) in [5, 5.41) is 0. The fourth-order valence-corrected chi connectivity index (χ4v) is 2.26. The summed E-state index contributed by atoms with van der Waals surface area (Å²) in [5.41, 5.74) is 0.719. The Kier molecular flexibility index (Phi) is 5.69. The van der Waals surface area contributed by atoms with Crippen molar-refractivity contribution in [3.05, 3.63) is 28.2 Å². The topological polar surface area (TPSA) is 26.3 Å². The van der Waals surface area contributed by atoms with E-state index in [1.807, 2.05) is 12.1 Å². The van der Waals surface area contributed by atoms with Gasteiger partial charge in [-0.15, -0.1) is 0 Å². The molecule has 94 valence electrons. The van der Waals surface area contributed by atoms with Crippen molar-refractivity contribution in [1.82, 2.24) is 0 Å². The number of methoxy groups -OCH3 is 1. The van der Waals surface area contributed by atoms with Gasteiger partial charge in [0.2, 0.25) is 0 Å². The number of hydrogen-bond donors (Lipinski definition) is 0. The van der Waals surface area contributed by atoms with Crippen molar-refractivity contribution in [2.45, 2.75) is 33.1 Å². The maximum atomic E-state index is 12.2. The Hall–Kier alpha value is -0.830. The molecule has 0 saturated heterocycles. The lowest BCUT2D eigenvalue weighted by Crippen LogP contribution is -2.08. The third-order valence-corrected chi connectivity index (χ3v) is 3.79. The lowest BCUT2D eigenvalue weighted by molar-refractivity contribution is 0.0957. The van der Waals surface area contributed by atoms with Crippen LogP contribution in [-0.4, -0.2) is 12.9 Å². The molecule has 0 amide bonds. The molecule has 0 aromatic heterocycles. The molecule has 0 spiro atoms. The normalized spacial score (nSPS) is 10.6. The summed E-state index contributed by atoms with van der Waals surface area (Å²) in [5.74, 6) is 1.38. The number of ketones is 1. The molecule has 0 heterocycles. The number of ether oxygens (including phenoxy) is 1. The second-order valence-electron chi connectivity index (χ2n) is 4.16. The lowest BCUT2D eigenvalue weighted by Gasteiger charge is -2.12. The Balaban J connectivity index is 2.87. The molecule has 0 aliphatic carbocycles. The molecule has 0 radical (unpaired) electrons. The van der Waals surface area contributed by atoms with E-state index in [9.17, 15) is 4.79 Å². The van der Waals surface area contributed by atoms with E-state index in [1.165, 1.54) is 0 Å². The van der Waals surface area contributed by atoms with Crippen LogP contribution in [0.25, 0.3) is 0 Å². The summed E-state index contributed by atoms with van der Waals surface area (Å²) in [6, 6.07) is 5.51. The van der Waals surface area contributed by atoms with Gasteiger partial charge in [0.1, 0.15) is 5.75 Å². The average Bonchev–Trinajstić information content (AvgIpc) is 2.36. The van der Waals surface area contributed by atoms with Crippen molar-refractivity contribution in [2.24, 2.45) is 5.92 Å². The maximum Gasteiger partial charge on any atom is 0.164 e. The third kappa shape index (κ3) is 3.84. The van der Waals surface area contributed by atoms with Gasteiger partial charge >= 0.3 is 0 Å². The molecule has 1 aromatic carbocycles. The largest absolute Gasteiger partial charge is 0.497 e. The number of halogens is 1. The van der Waals surface area contributed by atoms with E-state index in [0.29, 0.717) is 12.3 Å². The summed E-state index contributed by atoms with van der Waals surface area (Å²) in [7, 11) is 1.61. The number of rotatable bonds is 6. The molecule has 0 N–H and O–H groups in total. The van der Waals surface area contributed by atoms with E-state index in [-0.39, 0.29) is 5.78 Å². The highest BCUT2D eigenvalue weighted by atomic mass is 79.9. The van der Waals surface area contributed by atoms with Crippen molar-refractivity contribution in [3.8, 4) is 5.75 Å². The minimum atomic E-state index is 0.185. The van der Waals surface area contributed by atoms with Crippen LogP contribution in [-0.2, 0) is 0 Å². The molecule has 0 aliphatic heterocycles. The first-order valence-electron chi connectivity index (χ1n) is 5.99. The van der Waals surface area contributed by atoms with Crippen molar-refractivity contribution in [2.75, 3.05) is 7.11 Å². The van der Waals surface area contributed by atoms with Crippen molar-refractivity contribution in [1.29, 1.82) is 0 Å². The van der Waals surface area contributed by atoms with Crippen LogP contribution in [0.5, 0.6) is 5.75 Å². The molecular weight excluding hydrogens is 280 g/mol. The van der Waals surface area contributed by atoms with Crippen LogP contribution in [0.3, 0.4) is 0 Å². The number of hydrogen-bond acceptors (Lipinski definition) is 2. The summed E-state index contributed by atoms with van der Waals surface area (Å²) in [6.07, 6.45) is 2.70. The fraction of sp³-hybridized carbons (Fsp3) is 0.500. The van der Waals surface area contributed by atoms with Gasteiger partial charge in [0.25, 0.3) is 0 Å². The van der Waals surface area contributed by atoms with E-state index in [4.69, 9.17) is 4.74 Å². The van der Waals surface area contributed by atoms with E-state index < -0.39 is 0 Å². The minimum absolute atomic E-state index is 0.185. The van der Waals surface area contributed by atoms with E-state index >= 15 is 0 Å². The van der Waals surface area contributed by atoms with Gasteiger partial charge in [-0.05, 0) is 24.1 Å². The Bertz CT molecular complexity index is 384. The SMILES string of the molecule is CCC(CC)CC(=O)c1cc(OC)ccc1Br. The first-order valence-corrected chi connectivity index (χ1v) is 6.78. The van der Waals surface area contributed by atoms with Gasteiger partial charge in [-0.1, -0.05) is 42.6 Å². The number of carbonyl (C=O) groups is 1. The quantitative estimate of drug-likeness (QED) is 0.725. The summed E-state index contributed by atoms with van der Waals surface area (Å²) < 4.78 is 5.99. The number of Topliss-reactive ketones (excluding diaryl/α,β-unsaturated/α-hetero) is 1. The second-order valence-corrected chi connectivity index (χ2v) is 5.01. The van der Waals surface area contributed by atoms with Crippen molar-refractivity contribution >= 4 is 21.7 Å². The Morgan fingerprint density at radius 2 is 2.00 bits per heavy atom. The highest BCUT2D eigenvalue weighted by molar-refractivity contribution is 9.10. The van der Waals surface area contributed by atoms with Crippen LogP contribution in [0.4, 0.5) is 0 Å². The van der Waals surface area contributed by atoms with Crippen molar-refractivity contribution in [3.63, 3.8) is 0 Å². The zero-order chi connectivity index (χ0) is 12.8. The zero-order valence-corrected chi connectivity index (χ0v) is 12.2. The van der Waals surface area contributed by atoms with E-state index in [1.54, 1.807) is 13.2 Å². The standard InChI is InChI=1S/C14H19BrO2/c1-4-10(5-2)8-14(16)12-9-11(17-3)6-7-13(12)15/h6-7,9-10H,4-5,8H2,1-3H3. The van der Waals surface area contributed by atoms with Crippen LogP contribution in [0.2, 0.25) is 0 Å². The average molecular weight is 299 g/mol. The van der Waals surface area contributed by atoms with Gasteiger partial charge in [0.15, 0.2) is 5.78 Å². The molecule has 2 nitrogen and oxygen atoms in total. The molecule has 0 bridgehead atoms. The van der Waals surface area contributed by atoms with Gasteiger partial charge in [0.05, 0.1) is 7.11 Å². The van der Waals surface area contributed by atoms with Gasteiger partial charge in [-0.3, -0.25) is 4.79 Å². The summed E-state index contributed by atoms with van der Waals surface area (Å²) >= 11 is 3.42. The molecule has 0 fully saturated rings. The van der Waals surface area contributed by atoms with Gasteiger partial charge in [-0.25, -0.2) is 0 Å². The molecule has 1 rings (SSSR count). The predicted octanol–water partition coefficient (Wildman–Crippen LogP) is 4.47. The Morgan fingerprint density at radius 3 is 2.53 bits per heavy atom.